The van der Waals surface area contributed by atoms with Gasteiger partial charge in [0.25, 0.3) is 0 Å². The van der Waals surface area contributed by atoms with E-state index in [1.165, 1.54) is 14.2 Å². The zero-order valence-corrected chi connectivity index (χ0v) is 11.9. The highest BCUT2D eigenvalue weighted by atomic mass is 79.9. The first-order valence-electron chi connectivity index (χ1n) is 5.44. The third kappa shape index (κ3) is 4.29. The number of primary amides is 1. The number of carbonyl (C=O) groups is 1. The molecule has 0 fully saturated rings. The maximum absolute atomic E-state index is 11.4. The molecule has 3 N–H and O–H groups in total. The van der Waals surface area contributed by atoms with E-state index >= 15 is 0 Å². The number of halogens is 1. The minimum atomic E-state index is -0.561. The molecule has 0 aromatic heterocycles. The molecule has 1 unspecified atom stereocenters. The average Bonchev–Trinajstić information content (AvgIpc) is 2.36. The number of anilines is 1. The highest BCUT2D eigenvalue weighted by Crippen LogP contribution is 2.22. The van der Waals surface area contributed by atoms with Gasteiger partial charge in [0.15, 0.2) is 6.29 Å². The highest BCUT2D eigenvalue weighted by molar-refractivity contribution is 9.10. The summed E-state index contributed by atoms with van der Waals surface area (Å²) in [5.41, 5.74) is 6.16. The van der Waals surface area contributed by atoms with Gasteiger partial charge < -0.3 is 20.5 Å². The van der Waals surface area contributed by atoms with E-state index in [1.807, 2.05) is 24.3 Å². The summed E-state index contributed by atoms with van der Waals surface area (Å²) in [5.74, 6) is -0.454. The quantitative estimate of drug-likeness (QED) is 0.751. The molecule has 0 bridgehead atoms. The predicted octanol–water partition coefficient (Wildman–Crippen LogP) is 1.72. The van der Waals surface area contributed by atoms with E-state index in [1.54, 1.807) is 0 Å². The van der Waals surface area contributed by atoms with Crippen molar-refractivity contribution in [2.45, 2.75) is 18.8 Å². The zero-order valence-electron chi connectivity index (χ0n) is 10.4. The molecule has 6 heteroatoms. The van der Waals surface area contributed by atoms with Gasteiger partial charge in [-0.25, -0.2) is 0 Å². The van der Waals surface area contributed by atoms with Gasteiger partial charge >= 0.3 is 0 Å². The van der Waals surface area contributed by atoms with E-state index in [0.29, 0.717) is 6.42 Å². The molecule has 1 atom stereocenters. The largest absolute Gasteiger partial charge is 0.373 e. The fourth-order valence-corrected chi connectivity index (χ4v) is 1.89. The molecule has 0 heterocycles. The van der Waals surface area contributed by atoms with E-state index in [4.69, 9.17) is 15.2 Å². The number of benzene rings is 1. The molecule has 0 saturated heterocycles. The fraction of sp³-hybridized carbons (Fsp3) is 0.417. The average molecular weight is 317 g/mol. The number of amides is 1. The standard InChI is InChI=1S/C12H17BrN2O3/c1-17-11(18-2)7-10(12(14)16)15-9-6-4-3-5-8(9)13/h3-6,10-11,15H,7H2,1-2H3,(H2,14,16). The molecule has 1 aromatic rings. The van der Waals surface area contributed by atoms with E-state index < -0.39 is 18.2 Å². The summed E-state index contributed by atoms with van der Waals surface area (Å²) in [4.78, 5) is 11.4. The van der Waals surface area contributed by atoms with Gasteiger partial charge in [0, 0.05) is 30.8 Å². The van der Waals surface area contributed by atoms with Crippen LogP contribution in [-0.4, -0.2) is 32.5 Å². The number of nitrogens with one attached hydrogen (secondary N) is 1. The minimum Gasteiger partial charge on any atom is -0.373 e. The van der Waals surface area contributed by atoms with Crippen LogP contribution >= 0.6 is 15.9 Å². The predicted molar refractivity (Wildman–Crippen MR) is 73.2 cm³/mol. The molecule has 0 aliphatic heterocycles. The maximum Gasteiger partial charge on any atom is 0.240 e. The van der Waals surface area contributed by atoms with Crippen molar-refractivity contribution < 1.29 is 14.3 Å². The minimum absolute atomic E-state index is 0.337. The van der Waals surface area contributed by atoms with E-state index in [0.717, 1.165) is 10.2 Å². The lowest BCUT2D eigenvalue weighted by Crippen LogP contribution is -2.39. The summed E-state index contributed by atoms with van der Waals surface area (Å²) in [5, 5.41) is 3.06. The molecule has 1 amide bonds. The van der Waals surface area contributed by atoms with E-state index in [-0.39, 0.29) is 0 Å². The van der Waals surface area contributed by atoms with Crippen LogP contribution < -0.4 is 11.1 Å². The number of nitrogens with two attached hydrogens (primary N) is 1. The Morgan fingerprint density at radius 3 is 2.50 bits per heavy atom. The van der Waals surface area contributed by atoms with Gasteiger partial charge in [-0.3, -0.25) is 4.79 Å². The molecule has 1 aromatic carbocycles. The van der Waals surface area contributed by atoms with Crippen LogP contribution in [0.5, 0.6) is 0 Å². The van der Waals surface area contributed by atoms with Gasteiger partial charge in [-0.15, -0.1) is 0 Å². The fourth-order valence-electron chi connectivity index (χ4n) is 1.49. The first-order valence-corrected chi connectivity index (χ1v) is 6.23. The van der Waals surface area contributed by atoms with Crippen LogP contribution in [0.2, 0.25) is 0 Å². The molecule has 0 saturated carbocycles. The van der Waals surface area contributed by atoms with Crippen molar-refractivity contribution in [1.82, 2.24) is 0 Å². The van der Waals surface area contributed by atoms with Gasteiger partial charge in [0.1, 0.15) is 6.04 Å². The number of hydrogen-bond acceptors (Lipinski definition) is 4. The smallest absolute Gasteiger partial charge is 0.240 e. The van der Waals surface area contributed by atoms with Gasteiger partial charge in [0.2, 0.25) is 5.91 Å². The van der Waals surface area contributed by atoms with Crippen LogP contribution in [0.3, 0.4) is 0 Å². The molecule has 0 radical (unpaired) electrons. The Hall–Kier alpha value is -1.11. The number of methoxy groups -OCH3 is 2. The second-order valence-corrected chi connectivity index (χ2v) is 4.57. The van der Waals surface area contributed by atoms with Crippen molar-refractivity contribution in [3.05, 3.63) is 28.7 Å². The van der Waals surface area contributed by atoms with Crippen molar-refractivity contribution in [3.63, 3.8) is 0 Å². The Morgan fingerprint density at radius 1 is 1.39 bits per heavy atom. The summed E-state index contributed by atoms with van der Waals surface area (Å²) >= 11 is 3.40. The van der Waals surface area contributed by atoms with Crippen molar-refractivity contribution in [2.24, 2.45) is 5.73 Å². The van der Waals surface area contributed by atoms with Crippen LogP contribution in [0.4, 0.5) is 5.69 Å². The summed E-state index contributed by atoms with van der Waals surface area (Å²) in [6, 6.07) is 6.93. The molecular formula is C12H17BrN2O3. The maximum atomic E-state index is 11.4. The summed E-state index contributed by atoms with van der Waals surface area (Å²) < 4.78 is 11.0. The Kier molecular flexibility index (Phi) is 6.11. The molecular weight excluding hydrogens is 300 g/mol. The van der Waals surface area contributed by atoms with Crippen LogP contribution in [0.25, 0.3) is 0 Å². The van der Waals surface area contributed by atoms with Gasteiger partial charge in [0.05, 0.1) is 0 Å². The summed E-state index contributed by atoms with van der Waals surface area (Å²) in [6.45, 7) is 0. The second-order valence-electron chi connectivity index (χ2n) is 3.72. The molecule has 1 rings (SSSR count). The number of hydrogen-bond donors (Lipinski definition) is 2. The monoisotopic (exact) mass is 316 g/mol. The first-order chi connectivity index (χ1) is 8.58. The first kappa shape index (κ1) is 14.9. The van der Waals surface area contributed by atoms with Crippen molar-refractivity contribution in [2.75, 3.05) is 19.5 Å². The number of para-hydroxylation sites is 1. The Labute approximate surface area is 115 Å². The van der Waals surface area contributed by atoms with Gasteiger partial charge in [-0.2, -0.15) is 0 Å². The molecule has 18 heavy (non-hydrogen) atoms. The van der Waals surface area contributed by atoms with Gasteiger partial charge in [-0.1, -0.05) is 12.1 Å². The topological polar surface area (TPSA) is 73.6 Å². The summed E-state index contributed by atoms with van der Waals surface area (Å²) in [6.07, 6.45) is -0.138. The van der Waals surface area contributed by atoms with Gasteiger partial charge in [-0.05, 0) is 28.1 Å². The Morgan fingerprint density at radius 2 is 2.00 bits per heavy atom. The second kappa shape index (κ2) is 7.35. The lowest BCUT2D eigenvalue weighted by molar-refractivity contribution is -0.127. The molecule has 0 spiro atoms. The highest BCUT2D eigenvalue weighted by Gasteiger charge is 2.21. The third-order valence-corrected chi connectivity index (χ3v) is 3.19. The molecule has 0 aliphatic carbocycles. The molecule has 100 valence electrons. The number of rotatable bonds is 7. The molecule has 5 nitrogen and oxygen atoms in total. The van der Waals surface area contributed by atoms with Crippen LogP contribution in [-0.2, 0) is 14.3 Å². The van der Waals surface area contributed by atoms with Crippen molar-refractivity contribution >= 4 is 27.5 Å². The van der Waals surface area contributed by atoms with Crippen LogP contribution in [0.1, 0.15) is 6.42 Å². The van der Waals surface area contributed by atoms with Crippen molar-refractivity contribution in [1.29, 1.82) is 0 Å². The third-order valence-electron chi connectivity index (χ3n) is 2.50. The van der Waals surface area contributed by atoms with E-state index in [9.17, 15) is 4.79 Å². The van der Waals surface area contributed by atoms with Crippen LogP contribution in [0, 0.1) is 0 Å². The zero-order chi connectivity index (χ0) is 13.5. The summed E-state index contributed by atoms with van der Waals surface area (Å²) in [7, 11) is 3.04. The SMILES string of the molecule is COC(CC(Nc1ccccc1Br)C(N)=O)OC. The lowest BCUT2D eigenvalue weighted by atomic mass is 10.1. The molecule has 0 aliphatic rings. The Balaban J connectivity index is 2.75. The number of ether oxygens (including phenoxy) is 2. The number of carbonyl (C=O) groups excluding carboxylic acids is 1. The van der Waals surface area contributed by atoms with Crippen LogP contribution in [0.15, 0.2) is 28.7 Å². The Bertz CT molecular complexity index is 397. The van der Waals surface area contributed by atoms with E-state index in [2.05, 4.69) is 21.2 Å². The normalized spacial score (nSPS) is 12.4. The lowest BCUT2D eigenvalue weighted by Gasteiger charge is -2.21. The van der Waals surface area contributed by atoms with Crippen molar-refractivity contribution in [3.8, 4) is 0 Å².